The fourth-order valence-corrected chi connectivity index (χ4v) is 0.348. The van der Waals surface area contributed by atoms with E-state index in [2.05, 4.69) is 0 Å². The van der Waals surface area contributed by atoms with Crippen LogP contribution >= 0.6 is 0 Å². The minimum atomic E-state index is -2.98. The molecule has 0 N–H and O–H groups in total. The Kier molecular flexibility index (Phi) is 4.44. The van der Waals surface area contributed by atoms with Gasteiger partial charge in [-0.25, -0.2) is 17.6 Å². The summed E-state index contributed by atoms with van der Waals surface area (Å²) in [7, 11) is 0. The summed E-state index contributed by atoms with van der Waals surface area (Å²) in [5.41, 5.74) is 0. The van der Waals surface area contributed by atoms with Crippen molar-refractivity contribution >= 4 is 0 Å². The van der Waals surface area contributed by atoms with Crippen LogP contribution in [0.1, 0.15) is 12.8 Å². The molecule has 9 heavy (non-hydrogen) atoms. The molecular formula is C5H7F4. The quantitative estimate of drug-likeness (QED) is 0.530. The van der Waals surface area contributed by atoms with Gasteiger partial charge >= 0.3 is 0 Å². The first-order chi connectivity index (χ1) is 4.18. The van der Waals surface area contributed by atoms with Crippen LogP contribution in [-0.4, -0.2) is 12.6 Å². The van der Waals surface area contributed by atoms with Crippen molar-refractivity contribution in [3.8, 4) is 0 Å². The summed E-state index contributed by atoms with van der Waals surface area (Å²) in [5, 5.41) is 0. The van der Waals surface area contributed by atoms with Crippen LogP contribution in [-0.2, 0) is 0 Å². The lowest BCUT2D eigenvalue weighted by Gasteiger charge is -2.02. The van der Waals surface area contributed by atoms with Crippen molar-refractivity contribution in [1.82, 2.24) is 0 Å². The molecule has 0 aliphatic rings. The first-order valence-electron chi connectivity index (χ1n) is 2.52. The molecule has 0 aromatic carbocycles. The maximum Gasteiger partial charge on any atom is 0.269 e. The summed E-state index contributed by atoms with van der Waals surface area (Å²) in [5.74, 6) is 0. The molecular weight excluding hydrogens is 136 g/mol. The van der Waals surface area contributed by atoms with Crippen LogP contribution in [0, 0.1) is 6.67 Å². The summed E-state index contributed by atoms with van der Waals surface area (Å²) >= 11 is 0. The van der Waals surface area contributed by atoms with Gasteiger partial charge < -0.3 is 0 Å². The zero-order valence-corrected chi connectivity index (χ0v) is 4.66. The van der Waals surface area contributed by atoms with Gasteiger partial charge in [0.15, 0.2) is 6.17 Å². The van der Waals surface area contributed by atoms with E-state index in [1.165, 1.54) is 0 Å². The molecule has 4 heteroatoms. The topological polar surface area (TPSA) is 0 Å². The number of hydrogen-bond donors (Lipinski definition) is 0. The normalized spacial score (nSPS) is 14.3. The number of rotatable bonds is 4. The third-order valence-electron chi connectivity index (χ3n) is 0.825. The summed E-state index contributed by atoms with van der Waals surface area (Å²) < 4.78 is 45.3. The van der Waals surface area contributed by atoms with E-state index in [1.54, 1.807) is 0 Å². The van der Waals surface area contributed by atoms with Crippen molar-refractivity contribution in [2.75, 3.05) is 0 Å². The zero-order chi connectivity index (χ0) is 7.28. The van der Waals surface area contributed by atoms with Crippen LogP contribution in [0.25, 0.3) is 0 Å². The number of halogens is 4. The number of hydrogen-bond acceptors (Lipinski definition) is 0. The van der Waals surface area contributed by atoms with Crippen molar-refractivity contribution in [2.45, 2.75) is 25.4 Å². The molecule has 0 aromatic heterocycles. The second kappa shape index (κ2) is 4.58. The Morgan fingerprint density at radius 1 is 1.22 bits per heavy atom. The van der Waals surface area contributed by atoms with Gasteiger partial charge in [0, 0.05) is 0 Å². The van der Waals surface area contributed by atoms with Gasteiger partial charge in [-0.15, -0.1) is 0 Å². The van der Waals surface area contributed by atoms with Crippen molar-refractivity contribution in [2.24, 2.45) is 0 Å². The lowest BCUT2D eigenvalue weighted by molar-refractivity contribution is 0.0447. The van der Waals surface area contributed by atoms with Gasteiger partial charge in [0.1, 0.15) is 6.67 Å². The molecule has 0 spiro atoms. The Labute approximate surface area is 50.9 Å². The van der Waals surface area contributed by atoms with Crippen molar-refractivity contribution in [3.05, 3.63) is 6.67 Å². The molecule has 0 rings (SSSR count). The Bertz CT molecular complexity index is 64.0. The van der Waals surface area contributed by atoms with Crippen LogP contribution in [0.2, 0.25) is 0 Å². The van der Waals surface area contributed by atoms with E-state index in [1.807, 2.05) is 0 Å². The Balaban J connectivity index is 3.16. The zero-order valence-electron chi connectivity index (χ0n) is 4.66. The van der Waals surface area contributed by atoms with Gasteiger partial charge in [-0.2, -0.15) is 0 Å². The van der Waals surface area contributed by atoms with Gasteiger partial charge in [0.2, 0.25) is 0 Å². The summed E-state index contributed by atoms with van der Waals surface area (Å²) in [4.78, 5) is 0. The van der Waals surface area contributed by atoms with Crippen molar-refractivity contribution in [3.63, 3.8) is 0 Å². The third kappa shape index (κ3) is 4.24. The van der Waals surface area contributed by atoms with Gasteiger partial charge in [-0.1, -0.05) is 0 Å². The Hall–Kier alpha value is -0.280. The molecule has 0 saturated heterocycles. The SMILES string of the molecule is F[CH]CCC(F)C(F)F. The minimum absolute atomic E-state index is 0.176. The molecule has 0 amide bonds. The minimum Gasteiger partial charge on any atom is -0.244 e. The first kappa shape index (κ1) is 8.72. The molecule has 1 atom stereocenters. The first-order valence-corrected chi connectivity index (χ1v) is 2.52. The predicted molar refractivity (Wildman–Crippen MR) is 25.5 cm³/mol. The van der Waals surface area contributed by atoms with Gasteiger partial charge in [0.25, 0.3) is 6.43 Å². The van der Waals surface area contributed by atoms with Crippen LogP contribution in [0.5, 0.6) is 0 Å². The smallest absolute Gasteiger partial charge is 0.244 e. The largest absolute Gasteiger partial charge is 0.269 e. The second-order valence-corrected chi connectivity index (χ2v) is 1.58. The Morgan fingerprint density at radius 3 is 2.11 bits per heavy atom. The monoisotopic (exact) mass is 143 g/mol. The lowest BCUT2D eigenvalue weighted by Crippen LogP contribution is -2.10. The van der Waals surface area contributed by atoms with Gasteiger partial charge in [-0.3, -0.25) is 0 Å². The van der Waals surface area contributed by atoms with Gasteiger partial charge in [0.05, 0.1) is 0 Å². The molecule has 0 bridgehead atoms. The molecule has 0 saturated carbocycles. The lowest BCUT2D eigenvalue weighted by atomic mass is 10.2. The molecule has 0 aliphatic heterocycles. The summed E-state index contributed by atoms with van der Waals surface area (Å²) in [6.07, 6.45) is -5.85. The molecule has 0 aromatic rings. The standard InChI is InChI=1S/C5H7F4/c6-3-1-2-4(7)5(8)9/h3-5H,1-2H2. The van der Waals surface area contributed by atoms with E-state index in [-0.39, 0.29) is 13.1 Å². The number of alkyl halides is 3. The molecule has 0 fully saturated rings. The van der Waals surface area contributed by atoms with E-state index in [9.17, 15) is 17.6 Å². The van der Waals surface area contributed by atoms with Crippen LogP contribution in [0.4, 0.5) is 17.6 Å². The fourth-order valence-electron chi connectivity index (χ4n) is 0.348. The average molecular weight is 143 g/mol. The average Bonchev–Trinajstić information content (AvgIpc) is 1.82. The fraction of sp³-hybridized carbons (Fsp3) is 0.800. The van der Waals surface area contributed by atoms with Gasteiger partial charge in [-0.05, 0) is 12.8 Å². The van der Waals surface area contributed by atoms with Crippen LogP contribution in [0.15, 0.2) is 0 Å². The van der Waals surface area contributed by atoms with E-state index in [0.717, 1.165) is 0 Å². The molecule has 0 heterocycles. The van der Waals surface area contributed by atoms with Crippen LogP contribution in [0.3, 0.4) is 0 Å². The van der Waals surface area contributed by atoms with E-state index in [4.69, 9.17) is 0 Å². The molecule has 1 unspecified atom stereocenters. The highest BCUT2D eigenvalue weighted by molar-refractivity contribution is 4.60. The van der Waals surface area contributed by atoms with Crippen LogP contribution < -0.4 is 0 Å². The predicted octanol–water partition coefficient (Wildman–Crippen LogP) is 2.50. The van der Waals surface area contributed by atoms with Crippen molar-refractivity contribution in [1.29, 1.82) is 0 Å². The van der Waals surface area contributed by atoms with Crippen molar-refractivity contribution < 1.29 is 17.6 Å². The van der Waals surface area contributed by atoms with E-state index < -0.39 is 19.0 Å². The summed E-state index contributed by atoms with van der Waals surface area (Å²) in [6.45, 7) is 0.176. The van der Waals surface area contributed by atoms with E-state index >= 15 is 0 Å². The highest BCUT2D eigenvalue weighted by Crippen LogP contribution is 2.12. The highest BCUT2D eigenvalue weighted by atomic mass is 19.3. The molecule has 0 aliphatic carbocycles. The summed E-state index contributed by atoms with van der Waals surface area (Å²) in [6, 6.07) is 0. The highest BCUT2D eigenvalue weighted by Gasteiger charge is 2.17. The maximum atomic E-state index is 11.8. The van der Waals surface area contributed by atoms with E-state index in [0.29, 0.717) is 0 Å². The molecule has 1 radical (unpaired) electrons. The molecule has 55 valence electrons. The Morgan fingerprint density at radius 2 is 1.78 bits per heavy atom. The molecule has 0 nitrogen and oxygen atoms in total. The second-order valence-electron chi connectivity index (χ2n) is 1.58. The third-order valence-corrected chi connectivity index (χ3v) is 0.825. The maximum absolute atomic E-state index is 11.8.